The van der Waals surface area contributed by atoms with E-state index in [1.54, 1.807) is 12.4 Å². The molecule has 154 valence electrons. The molecule has 2 aliphatic carbocycles. The van der Waals surface area contributed by atoms with E-state index in [-0.39, 0.29) is 42.9 Å². The molecule has 5 atom stereocenters. The largest absolute Gasteiger partial charge is 0.394 e. The summed E-state index contributed by atoms with van der Waals surface area (Å²) in [5.41, 5.74) is 6.22. The molecular weight excluding hydrogens is 398 g/mol. The molecule has 0 spiro atoms. The molecule has 0 aliphatic heterocycles. The Morgan fingerprint density at radius 1 is 1.38 bits per heavy atom. The number of amides is 1. The Morgan fingerprint density at radius 2 is 2.17 bits per heavy atom. The van der Waals surface area contributed by atoms with E-state index in [1.165, 1.54) is 10.9 Å². The SMILES string of the molecule is NC(=O)[C@@H]1[C@H](Nc2nc(Nc3cnn(C[C@H](O)CO)c3)ncc2Cl)[C@H]2C=C[C@@H]1C2. The van der Waals surface area contributed by atoms with Crippen molar-refractivity contribution in [3.05, 3.63) is 35.8 Å². The third-order valence-electron chi connectivity index (χ3n) is 5.33. The van der Waals surface area contributed by atoms with Crippen molar-refractivity contribution in [2.24, 2.45) is 23.5 Å². The van der Waals surface area contributed by atoms with Crippen LogP contribution in [0.5, 0.6) is 0 Å². The summed E-state index contributed by atoms with van der Waals surface area (Å²) in [5.74, 6) is 0.436. The van der Waals surface area contributed by atoms with E-state index in [0.717, 1.165) is 6.42 Å². The fourth-order valence-corrected chi connectivity index (χ4v) is 4.17. The number of hydrogen-bond acceptors (Lipinski definition) is 8. The van der Waals surface area contributed by atoms with Crippen LogP contribution in [0.3, 0.4) is 0 Å². The highest BCUT2D eigenvalue weighted by atomic mass is 35.5. The molecule has 2 heterocycles. The Morgan fingerprint density at radius 3 is 2.93 bits per heavy atom. The lowest BCUT2D eigenvalue weighted by atomic mass is 9.88. The van der Waals surface area contributed by atoms with Gasteiger partial charge in [-0.15, -0.1) is 0 Å². The van der Waals surface area contributed by atoms with Crippen molar-refractivity contribution >= 4 is 35.0 Å². The van der Waals surface area contributed by atoms with E-state index < -0.39 is 6.10 Å². The molecule has 0 unspecified atom stereocenters. The predicted octanol–water partition coefficient (Wildman–Crippen LogP) is 0.511. The summed E-state index contributed by atoms with van der Waals surface area (Å²) in [7, 11) is 0. The van der Waals surface area contributed by atoms with Gasteiger partial charge in [-0.25, -0.2) is 4.98 Å². The molecule has 6 N–H and O–H groups in total. The Kier molecular flexibility index (Phi) is 5.39. The molecule has 1 amide bonds. The minimum atomic E-state index is -0.890. The molecule has 2 aromatic heterocycles. The summed E-state index contributed by atoms with van der Waals surface area (Å²) in [4.78, 5) is 20.5. The van der Waals surface area contributed by atoms with Gasteiger partial charge in [-0.3, -0.25) is 9.48 Å². The lowest BCUT2D eigenvalue weighted by Crippen LogP contribution is -2.41. The lowest BCUT2D eigenvalue weighted by molar-refractivity contribution is -0.122. The Bertz CT molecular complexity index is 934. The molecule has 0 radical (unpaired) electrons. The number of allylic oxidation sites excluding steroid dienone is 1. The summed E-state index contributed by atoms with van der Waals surface area (Å²) < 4.78 is 1.50. The molecule has 1 saturated carbocycles. The number of nitrogens with two attached hydrogens (primary N) is 1. The number of nitrogens with zero attached hydrogens (tertiary/aromatic N) is 4. The van der Waals surface area contributed by atoms with Gasteiger partial charge in [0.15, 0.2) is 5.82 Å². The number of carbonyl (C=O) groups excluding carboxylic acids is 1. The second-order valence-electron chi connectivity index (χ2n) is 7.35. The van der Waals surface area contributed by atoms with E-state index >= 15 is 0 Å². The van der Waals surface area contributed by atoms with Gasteiger partial charge in [0.25, 0.3) is 0 Å². The number of aromatic nitrogens is 4. The molecule has 29 heavy (non-hydrogen) atoms. The van der Waals surface area contributed by atoms with E-state index in [2.05, 4.69) is 37.9 Å². The van der Waals surface area contributed by atoms with E-state index in [1.807, 2.05) is 0 Å². The summed E-state index contributed by atoms with van der Waals surface area (Å²) in [6.45, 7) is -0.179. The topological polar surface area (TPSA) is 151 Å². The smallest absolute Gasteiger partial charge is 0.229 e. The molecule has 2 aliphatic rings. The number of primary amides is 1. The van der Waals surface area contributed by atoms with Gasteiger partial charge in [0.2, 0.25) is 11.9 Å². The number of halogens is 1. The van der Waals surface area contributed by atoms with Crippen LogP contribution in [0.15, 0.2) is 30.7 Å². The maximum Gasteiger partial charge on any atom is 0.229 e. The zero-order valence-electron chi connectivity index (χ0n) is 15.4. The van der Waals surface area contributed by atoms with Crippen molar-refractivity contribution in [3.8, 4) is 0 Å². The first-order valence-corrected chi connectivity index (χ1v) is 9.67. The summed E-state index contributed by atoms with van der Waals surface area (Å²) in [6, 6.07) is -0.162. The normalized spacial score (nSPS) is 25.9. The van der Waals surface area contributed by atoms with Crippen molar-refractivity contribution in [3.63, 3.8) is 0 Å². The molecule has 0 saturated heterocycles. The Balaban J connectivity index is 1.48. The van der Waals surface area contributed by atoms with E-state index in [4.69, 9.17) is 22.4 Å². The van der Waals surface area contributed by atoms with Crippen LogP contribution in [0.4, 0.5) is 17.5 Å². The van der Waals surface area contributed by atoms with Gasteiger partial charge < -0.3 is 26.6 Å². The van der Waals surface area contributed by atoms with Crippen molar-refractivity contribution in [1.82, 2.24) is 19.7 Å². The quantitative estimate of drug-likeness (QED) is 0.388. The monoisotopic (exact) mass is 419 g/mol. The maximum absolute atomic E-state index is 11.9. The fraction of sp³-hybridized carbons (Fsp3) is 0.444. The van der Waals surface area contributed by atoms with Gasteiger partial charge in [-0.2, -0.15) is 10.1 Å². The van der Waals surface area contributed by atoms with Crippen LogP contribution in [0.2, 0.25) is 5.02 Å². The summed E-state index contributed by atoms with van der Waals surface area (Å²) >= 11 is 6.27. The fourth-order valence-electron chi connectivity index (χ4n) is 4.02. The van der Waals surface area contributed by atoms with Gasteiger partial charge in [0, 0.05) is 12.2 Å². The second kappa shape index (κ2) is 7.97. The molecule has 4 rings (SSSR count). The van der Waals surface area contributed by atoms with Gasteiger partial charge in [-0.05, 0) is 18.3 Å². The first-order chi connectivity index (χ1) is 13.9. The molecule has 1 fully saturated rings. The third-order valence-corrected chi connectivity index (χ3v) is 5.61. The summed E-state index contributed by atoms with van der Waals surface area (Å²) in [6.07, 6.45) is 8.84. The van der Waals surface area contributed by atoms with Crippen LogP contribution in [0.25, 0.3) is 0 Å². The van der Waals surface area contributed by atoms with Crippen molar-refractivity contribution in [2.75, 3.05) is 17.2 Å². The molecule has 11 heteroatoms. The van der Waals surface area contributed by atoms with Crippen LogP contribution >= 0.6 is 11.6 Å². The average Bonchev–Trinajstić information content (AvgIpc) is 3.41. The first-order valence-electron chi connectivity index (χ1n) is 9.29. The van der Waals surface area contributed by atoms with Crippen molar-refractivity contribution in [1.29, 1.82) is 0 Å². The van der Waals surface area contributed by atoms with Crippen molar-refractivity contribution < 1.29 is 15.0 Å². The zero-order valence-corrected chi connectivity index (χ0v) is 16.2. The third kappa shape index (κ3) is 4.04. The number of carbonyl (C=O) groups is 1. The van der Waals surface area contributed by atoms with E-state index in [9.17, 15) is 9.90 Å². The van der Waals surface area contributed by atoms with Gasteiger partial charge >= 0.3 is 0 Å². The molecule has 0 aromatic carbocycles. The molecule has 10 nitrogen and oxygen atoms in total. The molecule has 2 aromatic rings. The zero-order chi connectivity index (χ0) is 20.5. The minimum Gasteiger partial charge on any atom is -0.394 e. The van der Waals surface area contributed by atoms with Crippen LogP contribution in [-0.4, -0.2) is 54.6 Å². The van der Waals surface area contributed by atoms with Crippen LogP contribution in [0, 0.1) is 17.8 Å². The highest BCUT2D eigenvalue weighted by Gasteiger charge is 2.47. The highest BCUT2D eigenvalue weighted by molar-refractivity contribution is 6.32. The van der Waals surface area contributed by atoms with Crippen molar-refractivity contribution in [2.45, 2.75) is 25.1 Å². The number of anilines is 3. The van der Waals surface area contributed by atoms with Gasteiger partial charge in [0.1, 0.15) is 5.02 Å². The first kappa shape index (κ1) is 19.6. The van der Waals surface area contributed by atoms with Gasteiger partial charge in [-0.1, -0.05) is 23.8 Å². The molecular formula is C18H22ClN7O3. The van der Waals surface area contributed by atoms with Crippen LogP contribution < -0.4 is 16.4 Å². The molecule has 2 bridgehead atoms. The number of hydrogen-bond donors (Lipinski definition) is 5. The number of fused-ring (bicyclic) bond motifs is 2. The standard InChI is InChI=1S/C18H22ClN7O3/c19-13-5-21-18(23-11-4-22-26(6-11)7-12(28)8-27)25-17(13)24-15-10-2-1-9(3-10)14(15)16(20)29/h1-2,4-6,9-10,12,14-15,27-28H,3,7-8H2,(H2,20,29)(H2,21,23,24,25)/t9-,10+,12+,14+,15-/m1/s1. The maximum atomic E-state index is 11.9. The second-order valence-corrected chi connectivity index (χ2v) is 7.76. The number of rotatable bonds is 8. The van der Waals surface area contributed by atoms with Crippen LogP contribution in [-0.2, 0) is 11.3 Å². The Hall–Kier alpha value is -2.69. The number of nitrogens with one attached hydrogen (secondary N) is 2. The lowest BCUT2D eigenvalue weighted by Gasteiger charge is -2.27. The minimum absolute atomic E-state index is 0.147. The number of aliphatic hydroxyl groups excluding tert-OH is 2. The summed E-state index contributed by atoms with van der Waals surface area (Å²) in [5, 5.41) is 29.2. The highest BCUT2D eigenvalue weighted by Crippen LogP contribution is 2.45. The van der Waals surface area contributed by atoms with Crippen LogP contribution in [0.1, 0.15) is 6.42 Å². The van der Waals surface area contributed by atoms with E-state index in [0.29, 0.717) is 22.5 Å². The Labute approximate surface area is 171 Å². The average molecular weight is 420 g/mol. The predicted molar refractivity (Wildman–Crippen MR) is 106 cm³/mol. The number of aliphatic hydroxyl groups is 2. The van der Waals surface area contributed by atoms with Gasteiger partial charge in [0.05, 0.1) is 43.3 Å².